The fraction of sp³-hybridized carbons (Fsp3) is 0.941. The highest BCUT2D eigenvalue weighted by Crippen LogP contribution is 2.33. The molecule has 1 atom stereocenters. The number of unbranched alkanes of at least 4 members (excludes halogenated alkanes) is 2. The fourth-order valence-electron chi connectivity index (χ4n) is 3.26. The normalized spacial score (nSPS) is 26.5. The van der Waals surface area contributed by atoms with E-state index in [9.17, 15) is 4.79 Å². The van der Waals surface area contributed by atoms with Crippen molar-refractivity contribution in [3.8, 4) is 0 Å². The van der Waals surface area contributed by atoms with Crippen LogP contribution in [0.3, 0.4) is 0 Å². The second-order valence-corrected chi connectivity index (χ2v) is 6.66. The zero-order valence-electron chi connectivity index (χ0n) is 13.1. The molecule has 2 rings (SSSR count). The average Bonchev–Trinajstić information content (AvgIpc) is 3.27. The summed E-state index contributed by atoms with van der Waals surface area (Å²) < 4.78 is 10.8. The van der Waals surface area contributed by atoms with Crippen molar-refractivity contribution < 1.29 is 19.4 Å². The van der Waals surface area contributed by atoms with Gasteiger partial charge in [0.1, 0.15) is 0 Å². The van der Waals surface area contributed by atoms with Crippen LogP contribution in [0.2, 0.25) is 0 Å². The Bertz CT molecular complexity index is 304. The largest absolute Gasteiger partial charge is 0.479 e. The lowest BCUT2D eigenvalue weighted by Gasteiger charge is -2.13. The lowest BCUT2D eigenvalue weighted by molar-refractivity contribution is -0.143. The fourth-order valence-corrected chi connectivity index (χ4v) is 3.26. The van der Waals surface area contributed by atoms with Gasteiger partial charge in [0.15, 0.2) is 5.60 Å². The molecule has 1 N–H and O–H groups in total. The molecule has 2 fully saturated rings. The standard InChI is InChI=1S/C17H30O4/c18-16(19)17(14-21-17)11-6-3-7-12-20-13-10-15-8-4-1-2-5-9-15/h15H,1-14H2,(H,18,19). The molecule has 21 heavy (non-hydrogen) atoms. The van der Waals surface area contributed by atoms with E-state index in [1.165, 1.54) is 44.9 Å². The summed E-state index contributed by atoms with van der Waals surface area (Å²) in [6.45, 7) is 2.10. The van der Waals surface area contributed by atoms with Gasteiger partial charge in [0.25, 0.3) is 0 Å². The summed E-state index contributed by atoms with van der Waals surface area (Å²) >= 11 is 0. The van der Waals surface area contributed by atoms with Crippen LogP contribution in [0.1, 0.15) is 70.6 Å². The molecule has 4 nitrogen and oxygen atoms in total. The molecule has 1 aliphatic heterocycles. The summed E-state index contributed by atoms with van der Waals surface area (Å²) in [6.07, 6.45) is 13.2. The van der Waals surface area contributed by atoms with Gasteiger partial charge in [-0.05, 0) is 31.6 Å². The third kappa shape index (κ3) is 5.95. The molecule has 1 aliphatic carbocycles. The lowest BCUT2D eigenvalue weighted by Crippen LogP contribution is -2.23. The number of epoxide rings is 1. The number of carbonyl (C=O) groups is 1. The second kappa shape index (κ2) is 8.74. The van der Waals surface area contributed by atoms with Crippen LogP contribution in [-0.2, 0) is 14.3 Å². The van der Waals surface area contributed by atoms with Crippen LogP contribution in [0.15, 0.2) is 0 Å². The topological polar surface area (TPSA) is 59.1 Å². The summed E-state index contributed by atoms with van der Waals surface area (Å²) in [6, 6.07) is 0. The van der Waals surface area contributed by atoms with Crippen LogP contribution in [0.4, 0.5) is 0 Å². The number of ether oxygens (including phenoxy) is 2. The maximum absolute atomic E-state index is 10.9. The number of rotatable bonds is 10. The summed E-state index contributed by atoms with van der Waals surface area (Å²) in [5, 5.41) is 8.97. The Morgan fingerprint density at radius 3 is 2.43 bits per heavy atom. The Morgan fingerprint density at radius 1 is 1.10 bits per heavy atom. The molecule has 0 aromatic heterocycles. The maximum Gasteiger partial charge on any atom is 0.338 e. The summed E-state index contributed by atoms with van der Waals surface area (Å²) in [7, 11) is 0. The Hall–Kier alpha value is -0.610. The van der Waals surface area contributed by atoms with E-state index in [1.807, 2.05) is 0 Å². The molecule has 0 spiro atoms. The van der Waals surface area contributed by atoms with E-state index in [1.54, 1.807) is 0 Å². The Balaban J connectivity index is 1.39. The van der Waals surface area contributed by atoms with Gasteiger partial charge in [-0.25, -0.2) is 4.79 Å². The van der Waals surface area contributed by atoms with E-state index < -0.39 is 11.6 Å². The van der Waals surface area contributed by atoms with Crippen molar-refractivity contribution in [2.24, 2.45) is 5.92 Å². The van der Waals surface area contributed by atoms with Crippen molar-refractivity contribution in [1.82, 2.24) is 0 Å². The van der Waals surface area contributed by atoms with E-state index >= 15 is 0 Å². The Labute approximate surface area is 128 Å². The number of hydrogen-bond donors (Lipinski definition) is 1. The van der Waals surface area contributed by atoms with Gasteiger partial charge >= 0.3 is 5.97 Å². The molecule has 1 unspecified atom stereocenters. The van der Waals surface area contributed by atoms with Crippen molar-refractivity contribution in [2.75, 3.05) is 19.8 Å². The molecular formula is C17H30O4. The molecule has 122 valence electrons. The van der Waals surface area contributed by atoms with E-state index in [0.717, 1.165) is 38.4 Å². The molecular weight excluding hydrogens is 268 g/mol. The minimum Gasteiger partial charge on any atom is -0.479 e. The lowest BCUT2D eigenvalue weighted by atomic mass is 9.97. The number of hydrogen-bond acceptors (Lipinski definition) is 3. The highest BCUT2D eigenvalue weighted by Gasteiger charge is 2.51. The van der Waals surface area contributed by atoms with Crippen molar-refractivity contribution in [1.29, 1.82) is 0 Å². The van der Waals surface area contributed by atoms with Crippen LogP contribution in [0.5, 0.6) is 0 Å². The highest BCUT2D eigenvalue weighted by atomic mass is 16.6. The van der Waals surface area contributed by atoms with Gasteiger partial charge in [-0.15, -0.1) is 0 Å². The molecule has 0 amide bonds. The number of aliphatic carboxylic acids is 1. The van der Waals surface area contributed by atoms with Gasteiger partial charge in [0, 0.05) is 13.2 Å². The van der Waals surface area contributed by atoms with E-state index in [2.05, 4.69) is 0 Å². The molecule has 0 bridgehead atoms. The first-order valence-corrected chi connectivity index (χ1v) is 8.68. The second-order valence-electron chi connectivity index (χ2n) is 6.66. The SMILES string of the molecule is O=C(O)C1(CCCCCOCCC2CCCCCC2)CO1. The van der Waals surface area contributed by atoms with E-state index in [-0.39, 0.29) is 0 Å². The van der Waals surface area contributed by atoms with Crippen LogP contribution in [0.25, 0.3) is 0 Å². The molecule has 1 saturated heterocycles. The average molecular weight is 298 g/mol. The first-order valence-electron chi connectivity index (χ1n) is 8.68. The van der Waals surface area contributed by atoms with Crippen molar-refractivity contribution in [3.63, 3.8) is 0 Å². The van der Waals surface area contributed by atoms with Gasteiger partial charge in [0.2, 0.25) is 0 Å². The molecule has 0 aromatic rings. The van der Waals surface area contributed by atoms with Gasteiger partial charge in [0.05, 0.1) is 6.61 Å². The van der Waals surface area contributed by atoms with Gasteiger partial charge < -0.3 is 14.6 Å². The van der Waals surface area contributed by atoms with Crippen LogP contribution < -0.4 is 0 Å². The van der Waals surface area contributed by atoms with Crippen LogP contribution in [-0.4, -0.2) is 36.5 Å². The van der Waals surface area contributed by atoms with Gasteiger partial charge in [-0.2, -0.15) is 0 Å². The third-order valence-electron chi connectivity index (χ3n) is 4.90. The first kappa shape index (κ1) is 16.8. The Morgan fingerprint density at radius 2 is 1.81 bits per heavy atom. The van der Waals surface area contributed by atoms with Gasteiger partial charge in [-0.3, -0.25) is 0 Å². The predicted octanol–water partition coefficient (Wildman–Crippen LogP) is 3.78. The highest BCUT2D eigenvalue weighted by molar-refractivity contribution is 5.80. The minimum absolute atomic E-state index is 0.389. The van der Waals surface area contributed by atoms with Gasteiger partial charge in [-0.1, -0.05) is 44.9 Å². The van der Waals surface area contributed by atoms with E-state index in [0.29, 0.717) is 13.0 Å². The molecule has 0 radical (unpaired) electrons. The molecule has 1 saturated carbocycles. The molecule has 2 aliphatic rings. The first-order chi connectivity index (χ1) is 10.2. The summed E-state index contributed by atoms with van der Waals surface area (Å²) in [5.41, 5.74) is -0.833. The van der Waals surface area contributed by atoms with Crippen molar-refractivity contribution in [3.05, 3.63) is 0 Å². The minimum atomic E-state index is -0.833. The smallest absolute Gasteiger partial charge is 0.338 e. The summed E-state index contributed by atoms with van der Waals surface area (Å²) in [5.74, 6) is 0.0806. The van der Waals surface area contributed by atoms with Crippen LogP contribution >= 0.6 is 0 Å². The zero-order valence-corrected chi connectivity index (χ0v) is 13.1. The van der Waals surface area contributed by atoms with Crippen LogP contribution in [0, 0.1) is 5.92 Å². The third-order valence-corrected chi connectivity index (χ3v) is 4.90. The Kier molecular flexibility index (Phi) is 6.97. The maximum atomic E-state index is 10.9. The quantitative estimate of drug-likeness (QED) is 0.379. The summed E-state index contributed by atoms with van der Waals surface area (Å²) in [4.78, 5) is 10.9. The number of carboxylic acid groups (broad SMARTS) is 1. The van der Waals surface area contributed by atoms with Crippen molar-refractivity contribution in [2.45, 2.75) is 76.2 Å². The molecule has 1 heterocycles. The molecule has 0 aromatic carbocycles. The molecule has 4 heteroatoms. The van der Waals surface area contributed by atoms with Crippen molar-refractivity contribution >= 4 is 5.97 Å². The number of carboxylic acids is 1. The van der Waals surface area contributed by atoms with E-state index in [4.69, 9.17) is 14.6 Å². The zero-order chi connectivity index (χ0) is 15.0. The monoisotopic (exact) mass is 298 g/mol. The predicted molar refractivity (Wildman–Crippen MR) is 81.4 cm³/mol.